The molecule has 3 aliphatic rings. The summed E-state index contributed by atoms with van der Waals surface area (Å²) in [4.78, 5) is 4.85. The Morgan fingerprint density at radius 2 is 2.00 bits per heavy atom. The molecule has 3 rings (SSSR count). The Hall–Kier alpha value is -0.120. The van der Waals surface area contributed by atoms with Crippen LogP contribution in [0.15, 0.2) is 0 Å². The summed E-state index contributed by atoms with van der Waals surface area (Å²) in [5, 5.41) is 3.70. The van der Waals surface area contributed by atoms with Crippen LogP contribution in [0.2, 0.25) is 0 Å². The van der Waals surface area contributed by atoms with Crippen LogP contribution in [0.5, 0.6) is 0 Å². The highest BCUT2D eigenvalue weighted by Gasteiger charge is 2.33. The quantitative estimate of drug-likeness (QED) is 0.696. The topological polar surface area (TPSA) is 18.5 Å². The van der Waals surface area contributed by atoms with Crippen molar-refractivity contribution in [1.29, 1.82) is 0 Å². The van der Waals surface area contributed by atoms with Gasteiger partial charge in [-0.3, -0.25) is 0 Å². The number of nitrogens with one attached hydrogen (secondary N) is 1. The minimum atomic E-state index is 0.775. The van der Waals surface area contributed by atoms with E-state index in [0.717, 1.165) is 25.0 Å². The zero-order valence-corrected chi connectivity index (χ0v) is 9.50. The van der Waals surface area contributed by atoms with Crippen LogP contribution >= 0.6 is 0 Å². The average Bonchev–Trinajstić information content (AvgIpc) is 2.19. The van der Waals surface area contributed by atoms with Crippen molar-refractivity contribution in [2.45, 2.75) is 18.9 Å². The van der Waals surface area contributed by atoms with Crippen molar-refractivity contribution in [1.82, 2.24) is 15.1 Å². The van der Waals surface area contributed by atoms with E-state index in [1.165, 1.54) is 32.5 Å². The molecule has 3 saturated heterocycles. The number of piperidine rings is 3. The van der Waals surface area contributed by atoms with E-state index in [-0.39, 0.29) is 0 Å². The third-order valence-corrected chi connectivity index (χ3v) is 3.62. The number of hydrogen-bond acceptors (Lipinski definition) is 3. The maximum Gasteiger partial charge on any atom is 0.0224 e. The lowest BCUT2D eigenvalue weighted by atomic mass is 9.84. The predicted octanol–water partition coefficient (Wildman–Crippen LogP) is 0.232. The van der Waals surface area contributed by atoms with Crippen molar-refractivity contribution in [3.8, 4) is 0 Å². The smallest absolute Gasteiger partial charge is 0.0224 e. The number of rotatable bonds is 4. The second-order valence-electron chi connectivity index (χ2n) is 5.00. The van der Waals surface area contributed by atoms with Gasteiger partial charge in [0.2, 0.25) is 0 Å². The minimum absolute atomic E-state index is 0.775. The molecule has 0 radical (unpaired) electrons. The fourth-order valence-electron chi connectivity index (χ4n) is 2.67. The van der Waals surface area contributed by atoms with Gasteiger partial charge in [0.25, 0.3) is 0 Å². The van der Waals surface area contributed by atoms with Crippen LogP contribution in [-0.4, -0.2) is 62.7 Å². The summed E-state index contributed by atoms with van der Waals surface area (Å²) in [5.41, 5.74) is 0. The molecule has 0 aromatic carbocycles. The van der Waals surface area contributed by atoms with Crippen LogP contribution in [-0.2, 0) is 0 Å². The normalized spacial score (nSPS) is 36.6. The Bertz CT molecular complexity index is 173. The van der Waals surface area contributed by atoms with E-state index in [9.17, 15) is 0 Å². The van der Waals surface area contributed by atoms with E-state index in [1.807, 2.05) is 0 Å². The van der Waals surface area contributed by atoms with Gasteiger partial charge in [-0.1, -0.05) is 0 Å². The van der Waals surface area contributed by atoms with Gasteiger partial charge in [0.1, 0.15) is 0 Å². The maximum absolute atomic E-state index is 3.70. The first-order valence-corrected chi connectivity index (χ1v) is 5.86. The van der Waals surface area contributed by atoms with Gasteiger partial charge in [0, 0.05) is 25.7 Å². The Morgan fingerprint density at radius 3 is 2.50 bits per heavy atom. The summed E-state index contributed by atoms with van der Waals surface area (Å²) in [6.07, 6.45) is 2.83. The van der Waals surface area contributed by atoms with E-state index < -0.39 is 0 Å². The van der Waals surface area contributed by atoms with Gasteiger partial charge in [-0.15, -0.1) is 0 Å². The summed E-state index contributed by atoms with van der Waals surface area (Å²) in [6, 6.07) is 0.775. The SMILES string of the molecule is CN(C)CCNC1CN2CCC1CC2. The van der Waals surface area contributed by atoms with Crippen LogP contribution in [0.1, 0.15) is 12.8 Å². The third kappa shape index (κ3) is 2.47. The number of hydrogen-bond donors (Lipinski definition) is 1. The first kappa shape index (κ1) is 10.4. The van der Waals surface area contributed by atoms with Crippen LogP contribution in [0.4, 0.5) is 0 Å². The molecule has 3 nitrogen and oxygen atoms in total. The average molecular weight is 197 g/mol. The Morgan fingerprint density at radius 1 is 1.29 bits per heavy atom. The summed E-state index contributed by atoms with van der Waals surface area (Å²) in [6.45, 7) is 6.27. The summed E-state index contributed by atoms with van der Waals surface area (Å²) in [7, 11) is 4.27. The van der Waals surface area contributed by atoms with E-state index >= 15 is 0 Å². The van der Waals surface area contributed by atoms with E-state index in [1.54, 1.807) is 0 Å². The molecule has 82 valence electrons. The molecule has 0 aromatic rings. The lowest BCUT2D eigenvalue weighted by Crippen LogP contribution is -2.56. The van der Waals surface area contributed by atoms with Gasteiger partial charge in [-0.05, 0) is 45.9 Å². The molecular weight excluding hydrogens is 174 g/mol. The molecule has 0 saturated carbocycles. The lowest BCUT2D eigenvalue weighted by molar-refractivity contribution is 0.0721. The van der Waals surface area contributed by atoms with Crippen molar-refractivity contribution in [3.05, 3.63) is 0 Å². The molecule has 3 heteroatoms. The Balaban J connectivity index is 1.71. The number of likely N-dealkylation sites (N-methyl/N-ethyl adjacent to an activating group) is 1. The first-order valence-electron chi connectivity index (χ1n) is 5.86. The van der Waals surface area contributed by atoms with E-state index in [2.05, 4.69) is 29.2 Å². The molecular formula is C11H23N3. The lowest BCUT2D eigenvalue weighted by Gasteiger charge is -2.45. The molecule has 0 spiro atoms. The summed E-state index contributed by atoms with van der Waals surface area (Å²) < 4.78 is 0. The second-order valence-corrected chi connectivity index (χ2v) is 5.00. The fraction of sp³-hybridized carbons (Fsp3) is 1.00. The van der Waals surface area contributed by atoms with Gasteiger partial charge in [0.15, 0.2) is 0 Å². The molecule has 1 N–H and O–H groups in total. The second kappa shape index (κ2) is 4.60. The molecule has 0 aromatic heterocycles. The minimum Gasteiger partial charge on any atom is -0.311 e. The van der Waals surface area contributed by atoms with Crippen molar-refractivity contribution >= 4 is 0 Å². The van der Waals surface area contributed by atoms with Crippen LogP contribution in [0, 0.1) is 5.92 Å². The van der Waals surface area contributed by atoms with Crippen molar-refractivity contribution in [2.24, 2.45) is 5.92 Å². The molecule has 0 amide bonds. The van der Waals surface area contributed by atoms with Crippen molar-refractivity contribution in [2.75, 3.05) is 46.8 Å². The van der Waals surface area contributed by atoms with Crippen molar-refractivity contribution < 1.29 is 0 Å². The largest absolute Gasteiger partial charge is 0.311 e. The van der Waals surface area contributed by atoms with Gasteiger partial charge < -0.3 is 15.1 Å². The Kier molecular flexibility index (Phi) is 3.42. The molecule has 0 aliphatic carbocycles. The molecule has 3 fully saturated rings. The van der Waals surface area contributed by atoms with Crippen LogP contribution < -0.4 is 5.32 Å². The fourth-order valence-corrected chi connectivity index (χ4v) is 2.67. The van der Waals surface area contributed by atoms with E-state index in [4.69, 9.17) is 0 Å². The first-order chi connectivity index (χ1) is 6.75. The molecule has 3 heterocycles. The maximum atomic E-state index is 3.70. The predicted molar refractivity (Wildman–Crippen MR) is 59.5 cm³/mol. The highest BCUT2D eigenvalue weighted by Crippen LogP contribution is 2.27. The number of nitrogens with zero attached hydrogens (tertiary/aromatic N) is 2. The van der Waals surface area contributed by atoms with Gasteiger partial charge in [0.05, 0.1) is 0 Å². The van der Waals surface area contributed by atoms with Gasteiger partial charge in [-0.2, -0.15) is 0 Å². The van der Waals surface area contributed by atoms with Crippen LogP contribution in [0.3, 0.4) is 0 Å². The zero-order chi connectivity index (χ0) is 9.97. The zero-order valence-electron chi connectivity index (χ0n) is 9.50. The summed E-state index contributed by atoms with van der Waals surface area (Å²) in [5.74, 6) is 0.960. The number of fused-ring (bicyclic) bond motifs is 3. The van der Waals surface area contributed by atoms with Gasteiger partial charge in [-0.25, -0.2) is 0 Å². The van der Waals surface area contributed by atoms with E-state index in [0.29, 0.717) is 0 Å². The molecule has 2 bridgehead atoms. The van der Waals surface area contributed by atoms with Gasteiger partial charge >= 0.3 is 0 Å². The molecule has 1 unspecified atom stereocenters. The highest BCUT2D eigenvalue weighted by molar-refractivity contribution is 4.90. The summed E-state index contributed by atoms with van der Waals surface area (Å²) >= 11 is 0. The van der Waals surface area contributed by atoms with Crippen LogP contribution in [0.25, 0.3) is 0 Å². The third-order valence-electron chi connectivity index (χ3n) is 3.62. The standard InChI is InChI=1S/C11H23N3/c1-13(2)8-5-12-11-9-14-6-3-10(11)4-7-14/h10-12H,3-9H2,1-2H3. The van der Waals surface area contributed by atoms with Crippen molar-refractivity contribution in [3.63, 3.8) is 0 Å². The highest BCUT2D eigenvalue weighted by atomic mass is 15.2. The molecule has 1 atom stereocenters. The monoisotopic (exact) mass is 197 g/mol. The Labute approximate surface area is 87.4 Å². The molecule has 14 heavy (non-hydrogen) atoms. The molecule has 3 aliphatic heterocycles.